The number of halogens is 1. The van der Waals surface area contributed by atoms with E-state index in [2.05, 4.69) is 10.2 Å². The third-order valence-corrected chi connectivity index (χ3v) is 5.41. The van der Waals surface area contributed by atoms with Crippen molar-refractivity contribution < 1.29 is 14.0 Å². The van der Waals surface area contributed by atoms with Gasteiger partial charge in [0.1, 0.15) is 5.82 Å². The number of carbonyl (C=O) groups excluding carboxylic acids is 2. The van der Waals surface area contributed by atoms with Crippen molar-refractivity contribution >= 4 is 23.2 Å². The molecule has 0 spiro atoms. The van der Waals surface area contributed by atoms with Crippen molar-refractivity contribution in [1.29, 1.82) is 0 Å². The molecular weight excluding hydrogens is 345 g/mol. The van der Waals surface area contributed by atoms with Crippen LogP contribution in [0, 0.1) is 11.7 Å². The standard InChI is InChI=1S/C21H22FN3O2/c22-15-6-3-13(4-7-15)16-12-17(16)21(27)24-18-11-14(20(23)26)5-8-19(18)25-9-1-2-10-25/h3-8,11,16-17H,1-2,9-10,12H2,(H2,23,26)(H,24,27)/t16-,17+/m0/s1. The van der Waals surface area contributed by atoms with E-state index in [1.54, 1.807) is 24.3 Å². The molecule has 2 aromatic carbocycles. The number of amides is 2. The van der Waals surface area contributed by atoms with Gasteiger partial charge < -0.3 is 16.0 Å². The Bertz CT molecular complexity index is 875. The van der Waals surface area contributed by atoms with Gasteiger partial charge in [-0.2, -0.15) is 0 Å². The van der Waals surface area contributed by atoms with Crippen molar-refractivity contribution in [1.82, 2.24) is 0 Å². The van der Waals surface area contributed by atoms with Gasteiger partial charge in [-0.25, -0.2) is 4.39 Å². The number of primary amides is 1. The number of rotatable bonds is 5. The fourth-order valence-electron chi connectivity index (χ4n) is 3.81. The van der Waals surface area contributed by atoms with Crippen molar-refractivity contribution in [2.75, 3.05) is 23.3 Å². The fourth-order valence-corrected chi connectivity index (χ4v) is 3.81. The normalized spacial score (nSPS) is 21.1. The smallest absolute Gasteiger partial charge is 0.248 e. The van der Waals surface area contributed by atoms with E-state index in [4.69, 9.17) is 5.73 Å². The van der Waals surface area contributed by atoms with Crippen LogP contribution in [0.5, 0.6) is 0 Å². The van der Waals surface area contributed by atoms with E-state index in [0.717, 1.165) is 43.6 Å². The lowest BCUT2D eigenvalue weighted by Crippen LogP contribution is -2.23. The summed E-state index contributed by atoms with van der Waals surface area (Å²) in [5, 5.41) is 2.99. The highest BCUT2D eigenvalue weighted by molar-refractivity contribution is 6.01. The van der Waals surface area contributed by atoms with Crippen LogP contribution in [0.2, 0.25) is 0 Å². The summed E-state index contributed by atoms with van der Waals surface area (Å²) in [6.45, 7) is 1.86. The summed E-state index contributed by atoms with van der Waals surface area (Å²) in [7, 11) is 0. The summed E-state index contributed by atoms with van der Waals surface area (Å²) in [4.78, 5) is 26.5. The molecule has 1 aliphatic heterocycles. The first-order valence-electron chi connectivity index (χ1n) is 9.28. The summed E-state index contributed by atoms with van der Waals surface area (Å²) in [5.74, 6) is -0.904. The molecule has 27 heavy (non-hydrogen) atoms. The third-order valence-electron chi connectivity index (χ3n) is 5.41. The lowest BCUT2D eigenvalue weighted by molar-refractivity contribution is -0.117. The van der Waals surface area contributed by atoms with Crippen LogP contribution in [0.4, 0.5) is 15.8 Å². The number of hydrogen-bond acceptors (Lipinski definition) is 3. The molecule has 6 heteroatoms. The van der Waals surface area contributed by atoms with E-state index >= 15 is 0 Å². The number of hydrogen-bond donors (Lipinski definition) is 2. The monoisotopic (exact) mass is 367 g/mol. The van der Waals surface area contributed by atoms with E-state index in [1.165, 1.54) is 12.1 Å². The largest absolute Gasteiger partial charge is 0.370 e. The summed E-state index contributed by atoms with van der Waals surface area (Å²) >= 11 is 0. The predicted molar refractivity (Wildman–Crippen MR) is 102 cm³/mol. The second-order valence-corrected chi connectivity index (χ2v) is 7.28. The summed E-state index contributed by atoms with van der Waals surface area (Å²) < 4.78 is 13.1. The van der Waals surface area contributed by atoms with Crippen molar-refractivity contribution in [3.05, 3.63) is 59.4 Å². The second-order valence-electron chi connectivity index (χ2n) is 7.28. The molecule has 2 aliphatic rings. The summed E-state index contributed by atoms with van der Waals surface area (Å²) in [6, 6.07) is 11.5. The average Bonchev–Trinajstić information content (AvgIpc) is 3.27. The molecular formula is C21H22FN3O2. The number of benzene rings is 2. The Morgan fingerprint density at radius 3 is 2.44 bits per heavy atom. The minimum Gasteiger partial charge on any atom is -0.370 e. The number of anilines is 2. The number of nitrogens with one attached hydrogen (secondary N) is 1. The molecule has 0 aromatic heterocycles. The zero-order valence-corrected chi connectivity index (χ0v) is 15.0. The third kappa shape index (κ3) is 3.65. The van der Waals surface area contributed by atoms with E-state index in [0.29, 0.717) is 11.3 Å². The van der Waals surface area contributed by atoms with Crippen LogP contribution in [0.3, 0.4) is 0 Å². The molecule has 0 bridgehead atoms. The van der Waals surface area contributed by atoms with Crippen LogP contribution >= 0.6 is 0 Å². The Balaban J connectivity index is 1.52. The first-order valence-corrected chi connectivity index (χ1v) is 9.28. The molecule has 1 saturated carbocycles. The summed E-state index contributed by atoms with van der Waals surface area (Å²) in [5.41, 5.74) is 8.30. The molecule has 0 radical (unpaired) electrons. The maximum absolute atomic E-state index is 13.1. The molecule has 4 rings (SSSR count). The molecule has 2 amide bonds. The topological polar surface area (TPSA) is 75.4 Å². The van der Waals surface area contributed by atoms with Crippen LogP contribution < -0.4 is 16.0 Å². The number of nitrogens with two attached hydrogens (primary N) is 1. The van der Waals surface area contributed by atoms with Gasteiger partial charge in [-0.3, -0.25) is 9.59 Å². The lowest BCUT2D eigenvalue weighted by atomic mass is 10.1. The van der Waals surface area contributed by atoms with E-state index in [1.807, 2.05) is 6.07 Å². The highest BCUT2D eigenvalue weighted by atomic mass is 19.1. The van der Waals surface area contributed by atoms with Gasteiger partial charge in [0.2, 0.25) is 11.8 Å². The van der Waals surface area contributed by atoms with Gasteiger partial charge in [0.15, 0.2) is 0 Å². The average molecular weight is 367 g/mol. The highest BCUT2D eigenvalue weighted by Gasteiger charge is 2.44. The SMILES string of the molecule is NC(=O)c1ccc(N2CCCC2)c(NC(=O)[C@@H]2C[C@H]2c2ccc(F)cc2)c1. The Kier molecular flexibility index (Phi) is 4.56. The molecule has 1 aliphatic carbocycles. The Labute approximate surface area is 157 Å². The molecule has 2 atom stereocenters. The maximum Gasteiger partial charge on any atom is 0.248 e. The fraction of sp³-hybridized carbons (Fsp3) is 0.333. The van der Waals surface area contributed by atoms with Crippen LogP contribution in [-0.2, 0) is 4.79 Å². The molecule has 1 saturated heterocycles. The van der Waals surface area contributed by atoms with Crippen molar-refractivity contribution in [2.24, 2.45) is 11.7 Å². The van der Waals surface area contributed by atoms with Crippen molar-refractivity contribution in [3.63, 3.8) is 0 Å². The van der Waals surface area contributed by atoms with Gasteiger partial charge in [-0.05, 0) is 61.1 Å². The van der Waals surface area contributed by atoms with Crippen LogP contribution in [0.15, 0.2) is 42.5 Å². The lowest BCUT2D eigenvalue weighted by Gasteiger charge is -2.22. The van der Waals surface area contributed by atoms with Gasteiger partial charge >= 0.3 is 0 Å². The van der Waals surface area contributed by atoms with E-state index in [-0.39, 0.29) is 23.6 Å². The highest BCUT2D eigenvalue weighted by Crippen LogP contribution is 2.48. The molecule has 140 valence electrons. The zero-order valence-electron chi connectivity index (χ0n) is 15.0. The number of nitrogens with zero attached hydrogens (tertiary/aromatic N) is 1. The molecule has 0 unspecified atom stereocenters. The molecule has 1 heterocycles. The van der Waals surface area contributed by atoms with Crippen LogP contribution in [0.1, 0.15) is 41.1 Å². The molecule has 5 nitrogen and oxygen atoms in total. The second kappa shape index (κ2) is 7.02. The Hall–Kier alpha value is -2.89. The first kappa shape index (κ1) is 17.5. The number of carbonyl (C=O) groups is 2. The van der Waals surface area contributed by atoms with Gasteiger partial charge in [-0.15, -0.1) is 0 Å². The van der Waals surface area contributed by atoms with Gasteiger partial charge in [0.25, 0.3) is 0 Å². The molecule has 2 fully saturated rings. The predicted octanol–water partition coefficient (Wildman–Crippen LogP) is 3.27. The van der Waals surface area contributed by atoms with Crippen LogP contribution in [-0.4, -0.2) is 24.9 Å². The molecule has 3 N–H and O–H groups in total. The van der Waals surface area contributed by atoms with Gasteiger partial charge in [0.05, 0.1) is 11.4 Å². The minimum atomic E-state index is -0.519. The van der Waals surface area contributed by atoms with E-state index < -0.39 is 5.91 Å². The van der Waals surface area contributed by atoms with Crippen LogP contribution in [0.25, 0.3) is 0 Å². The Morgan fingerprint density at radius 1 is 1.07 bits per heavy atom. The van der Waals surface area contributed by atoms with E-state index in [9.17, 15) is 14.0 Å². The zero-order chi connectivity index (χ0) is 19.0. The Morgan fingerprint density at radius 2 is 1.78 bits per heavy atom. The maximum atomic E-state index is 13.1. The van der Waals surface area contributed by atoms with Gasteiger partial charge in [0, 0.05) is 24.6 Å². The van der Waals surface area contributed by atoms with Crippen molar-refractivity contribution in [3.8, 4) is 0 Å². The van der Waals surface area contributed by atoms with Gasteiger partial charge in [-0.1, -0.05) is 12.1 Å². The minimum absolute atomic E-state index is 0.0774. The first-order chi connectivity index (χ1) is 13.0. The molecule has 2 aromatic rings. The quantitative estimate of drug-likeness (QED) is 0.852. The summed E-state index contributed by atoms with van der Waals surface area (Å²) in [6.07, 6.45) is 2.96. The van der Waals surface area contributed by atoms with Crippen molar-refractivity contribution in [2.45, 2.75) is 25.2 Å².